The first kappa shape index (κ1) is 25.2. The second-order valence-corrected chi connectivity index (χ2v) is 8.55. The van der Waals surface area contributed by atoms with Crippen molar-refractivity contribution >= 4 is 34.8 Å². The summed E-state index contributed by atoms with van der Waals surface area (Å²) in [6.07, 6.45) is 0. The molecule has 0 radical (unpaired) electrons. The Morgan fingerprint density at radius 2 is 1.27 bits per heavy atom. The van der Waals surface area contributed by atoms with Gasteiger partial charge in [-0.25, -0.2) is 0 Å². The first-order valence-electron chi connectivity index (χ1n) is 11.9. The highest BCUT2D eigenvalue weighted by atomic mass is 16.2. The van der Waals surface area contributed by atoms with Crippen LogP contribution in [0.3, 0.4) is 0 Å². The summed E-state index contributed by atoms with van der Waals surface area (Å²) in [5.74, 6) is -0.580. The van der Waals surface area contributed by atoms with Crippen LogP contribution in [-0.2, 0) is 11.3 Å². The maximum absolute atomic E-state index is 12.4. The fourth-order valence-corrected chi connectivity index (χ4v) is 3.63. The van der Waals surface area contributed by atoms with Crippen LogP contribution in [0.25, 0.3) is 0 Å². The number of amides is 3. The van der Waals surface area contributed by atoms with Crippen molar-refractivity contribution in [3.63, 3.8) is 0 Å². The zero-order valence-electron chi connectivity index (χ0n) is 20.5. The average molecular weight is 493 g/mol. The summed E-state index contributed by atoms with van der Waals surface area (Å²) >= 11 is 0. The summed E-state index contributed by atoms with van der Waals surface area (Å²) in [5.41, 5.74) is 5.16. The minimum atomic E-state index is -0.224. The number of hydrogen-bond acceptors (Lipinski definition) is 4. The predicted octanol–water partition coefficient (Wildman–Crippen LogP) is 5.23. The van der Waals surface area contributed by atoms with E-state index in [4.69, 9.17) is 0 Å². The van der Waals surface area contributed by atoms with E-state index in [2.05, 4.69) is 21.3 Å². The van der Waals surface area contributed by atoms with Crippen LogP contribution >= 0.6 is 0 Å². The van der Waals surface area contributed by atoms with Gasteiger partial charge in [0.2, 0.25) is 5.91 Å². The summed E-state index contributed by atoms with van der Waals surface area (Å²) in [5, 5.41) is 11.6. The molecule has 0 unspecified atom stereocenters. The highest BCUT2D eigenvalue weighted by Gasteiger charge is 2.08. The maximum atomic E-state index is 12.4. The van der Waals surface area contributed by atoms with Crippen LogP contribution in [-0.4, -0.2) is 24.3 Å². The first-order valence-corrected chi connectivity index (χ1v) is 11.9. The molecule has 0 aliphatic rings. The van der Waals surface area contributed by atoms with Crippen LogP contribution < -0.4 is 21.3 Å². The van der Waals surface area contributed by atoms with Crippen LogP contribution in [0, 0.1) is 6.92 Å². The topological polar surface area (TPSA) is 99.3 Å². The molecule has 4 rings (SSSR count). The number of rotatable bonds is 9. The van der Waals surface area contributed by atoms with Gasteiger partial charge in [0.25, 0.3) is 11.8 Å². The summed E-state index contributed by atoms with van der Waals surface area (Å²) in [4.78, 5) is 37.1. The molecule has 0 aliphatic carbocycles. The Kier molecular flexibility index (Phi) is 8.29. The minimum absolute atomic E-state index is 0.0638. The molecule has 0 bridgehead atoms. The molecule has 7 nitrogen and oxygen atoms in total. The van der Waals surface area contributed by atoms with Gasteiger partial charge in [-0.15, -0.1) is 0 Å². The summed E-state index contributed by atoms with van der Waals surface area (Å²) in [6, 6.07) is 30.9. The Morgan fingerprint density at radius 3 is 1.97 bits per heavy atom. The Morgan fingerprint density at radius 1 is 0.622 bits per heavy atom. The monoisotopic (exact) mass is 492 g/mol. The van der Waals surface area contributed by atoms with E-state index >= 15 is 0 Å². The molecule has 0 aliphatic heterocycles. The van der Waals surface area contributed by atoms with E-state index in [1.54, 1.807) is 54.6 Å². The van der Waals surface area contributed by atoms with Crippen LogP contribution in [0.15, 0.2) is 103 Å². The van der Waals surface area contributed by atoms with Crippen molar-refractivity contribution in [1.29, 1.82) is 0 Å². The third-order valence-electron chi connectivity index (χ3n) is 5.60. The zero-order chi connectivity index (χ0) is 26.0. The number of carbonyl (C=O) groups is 3. The van der Waals surface area contributed by atoms with Crippen molar-refractivity contribution in [1.82, 2.24) is 5.32 Å². The molecule has 37 heavy (non-hydrogen) atoms. The number of benzene rings is 4. The Hall–Kier alpha value is -4.91. The van der Waals surface area contributed by atoms with Gasteiger partial charge in [0, 0.05) is 34.7 Å². The van der Waals surface area contributed by atoms with E-state index in [-0.39, 0.29) is 24.3 Å². The molecule has 0 spiro atoms. The van der Waals surface area contributed by atoms with Gasteiger partial charge in [-0.2, -0.15) is 0 Å². The van der Waals surface area contributed by atoms with Gasteiger partial charge >= 0.3 is 0 Å². The Labute approximate surface area is 215 Å². The molecule has 186 valence electrons. The highest BCUT2D eigenvalue weighted by Crippen LogP contribution is 2.15. The third kappa shape index (κ3) is 7.53. The SMILES string of the molecule is Cc1cccc(C(=O)Nc2ccc(NCC(=O)Nc3ccc(C(=O)NCc4ccccc4)cc3)cc2)c1. The molecular formula is C30H28N4O3. The van der Waals surface area contributed by atoms with Crippen molar-refractivity contribution in [2.45, 2.75) is 13.5 Å². The second-order valence-electron chi connectivity index (χ2n) is 8.55. The van der Waals surface area contributed by atoms with Crippen molar-refractivity contribution in [2.75, 3.05) is 22.5 Å². The van der Waals surface area contributed by atoms with Gasteiger partial charge in [-0.1, -0.05) is 48.0 Å². The quantitative estimate of drug-likeness (QED) is 0.257. The number of hydrogen-bond donors (Lipinski definition) is 4. The van der Waals surface area contributed by atoms with E-state index in [1.165, 1.54) is 0 Å². The standard InChI is InChI=1S/C30H28N4O3/c1-21-6-5-9-24(18-21)30(37)34-27-16-14-25(15-17-27)31-20-28(35)33-26-12-10-23(11-13-26)29(36)32-19-22-7-3-2-4-8-22/h2-18,31H,19-20H2,1H3,(H,32,36)(H,33,35)(H,34,37). The van der Waals surface area contributed by atoms with Crippen molar-refractivity contribution in [3.05, 3.63) is 125 Å². The number of nitrogens with one attached hydrogen (secondary N) is 4. The highest BCUT2D eigenvalue weighted by molar-refractivity contribution is 6.04. The smallest absolute Gasteiger partial charge is 0.255 e. The van der Waals surface area contributed by atoms with Crippen molar-refractivity contribution in [2.24, 2.45) is 0 Å². The summed E-state index contributed by atoms with van der Waals surface area (Å²) < 4.78 is 0. The number of anilines is 3. The predicted molar refractivity (Wildman–Crippen MR) is 147 cm³/mol. The molecular weight excluding hydrogens is 464 g/mol. The number of aryl methyl sites for hydroxylation is 1. The van der Waals surface area contributed by atoms with Gasteiger partial charge in [-0.3, -0.25) is 14.4 Å². The largest absolute Gasteiger partial charge is 0.376 e. The fraction of sp³-hybridized carbons (Fsp3) is 0.100. The summed E-state index contributed by atoms with van der Waals surface area (Å²) in [6.45, 7) is 2.45. The van der Waals surface area contributed by atoms with Crippen LogP contribution in [0.4, 0.5) is 17.1 Å². The lowest BCUT2D eigenvalue weighted by Crippen LogP contribution is -2.23. The van der Waals surface area contributed by atoms with Crippen molar-refractivity contribution < 1.29 is 14.4 Å². The molecule has 4 aromatic rings. The second kappa shape index (κ2) is 12.2. The molecule has 0 saturated carbocycles. The molecule has 0 saturated heterocycles. The molecule has 7 heteroatoms. The van der Waals surface area contributed by atoms with Gasteiger partial charge in [0.1, 0.15) is 0 Å². The Balaban J connectivity index is 1.21. The first-order chi connectivity index (χ1) is 18.0. The van der Waals surface area contributed by atoms with E-state index in [0.29, 0.717) is 29.0 Å². The van der Waals surface area contributed by atoms with Crippen LogP contribution in [0.2, 0.25) is 0 Å². The lowest BCUT2D eigenvalue weighted by Gasteiger charge is -2.10. The van der Waals surface area contributed by atoms with Gasteiger partial charge in [-0.05, 0) is 73.2 Å². The van der Waals surface area contributed by atoms with Crippen LogP contribution in [0.1, 0.15) is 31.8 Å². The molecule has 0 heterocycles. The molecule has 3 amide bonds. The molecule has 4 N–H and O–H groups in total. The van der Waals surface area contributed by atoms with Crippen LogP contribution in [0.5, 0.6) is 0 Å². The zero-order valence-corrected chi connectivity index (χ0v) is 20.5. The van der Waals surface area contributed by atoms with E-state index < -0.39 is 0 Å². The third-order valence-corrected chi connectivity index (χ3v) is 5.60. The molecule has 0 aromatic heterocycles. The lowest BCUT2D eigenvalue weighted by molar-refractivity contribution is -0.114. The van der Waals surface area contributed by atoms with E-state index in [0.717, 1.165) is 16.8 Å². The molecule has 4 aromatic carbocycles. The minimum Gasteiger partial charge on any atom is -0.376 e. The van der Waals surface area contributed by atoms with Gasteiger partial charge in [0.15, 0.2) is 0 Å². The lowest BCUT2D eigenvalue weighted by atomic mass is 10.1. The van der Waals surface area contributed by atoms with E-state index in [9.17, 15) is 14.4 Å². The Bertz CT molecular complexity index is 1370. The van der Waals surface area contributed by atoms with Gasteiger partial charge < -0.3 is 21.3 Å². The average Bonchev–Trinajstić information content (AvgIpc) is 2.92. The molecule has 0 atom stereocenters. The van der Waals surface area contributed by atoms with E-state index in [1.807, 2.05) is 55.5 Å². The molecule has 0 fully saturated rings. The van der Waals surface area contributed by atoms with Crippen molar-refractivity contribution in [3.8, 4) is 0 Å². The summed E-state index contributed by atoms with van der Waals surface area (Å²) in [7, 11) is 0. The normalized spacial score (nSPS) is 10.3. The number of carbonyl (C=O) groups excluding carboxylic acids is 3. The van der Waals surface area contributed by atoms with Gasteiger partial charge in [0.05, 0.1) is 6.54 Å². The fourth-order valence-electron chi connectivity index (χ4n) is 3.63. The maximum Gasteiger partial charge on any atom is 0.255 e.